The van der Waals surface area contributed by atoms with Crippen LogP contribution in [0.25, 0.3) is 0 Å². The van der Waals surface area contributed by atoms with E-state index in [0.29, 0.717) is 6.54 Å². The Kier molecular flexibility index (Phi) is 4.35. The minimum atomic E-state index is -0.426. The molecule has 4 heteroatoms. The number of hydrogen-bond donors (Lipinski definition) is 1. The molecule has 1 unspecified atom stereocenters. The molecule has 1 aliphatic heterocycles. The molecule has 21 heavy (non-hydrogen) atoms. The van der Waals surface area contributed by atoms with E-state index in [1.165, 1.54) is 10.5 Å². The van der Waals surface area contributed by atoms with Crippen LogP contribution in [0.5, 0.6) is 0 Å². The summed E-state index contributed by atoms with van der Waals surface area (Å²) in [5, 5.41) is 3.18. The summed E-state index contributed by atoms with van der Waals surface area (Å²) in [6, 6.07) is 7.65. The highest BCUT2D eigenvalue weighted by Crippen LogP contribution is 2.25. The molecule has 0 aromatic heterocycles. The average molecular weight is 288 g/mol. The first kappa shape index (κ1) is 15.5. The summed E-state index contributed by atoms with van der Waals surface area (Å²) in [5.41, 5.74) is 2.23. The summed E-state index contributed by atoms with van der Waals surface area (Å²) in [6.45, 7) is 8.97. The Morgan fingerprint density at radius 1 is 1.19 bits per heavy atom. The van der Waals surface area contributed by atoms with Gasteiger partial charge in [0.1, 0.15) is 6.04 Å². The number of benzene rings is 1. The number of carbonyl (C=O) groups excluding carboxylic acids is 2. The van der Waals surface area contributed by atoms with Crippen LogP contribution in [0.2, 0.25) is 0 Å². The summed E-state index contributed by atoms with van der Waals surface area (Å²) in [4.78, 5) is 25.4. The first-order valence-electron chi connectivity index (χ1n) is 7.54. The molecule has 1 saturated heterocycles. The zero-order chi connectivity index (χ0) is 15.6. The van der Waals surface area contributed by atoms with Gasteiger partial charge in [0.15, 0.2) is 0 Å². The van der Waals surface area contributed by atoms with E-state index in [4.69, 9.17) is 0 Å². The molecule has 1 N–H and O–H groups in total. The van der Waals surface area contributed by atoms with E-state index in [0.717, 1.165) is 12.1 Å². The first-order valence-corrected chi connectivity index (χ1v) is 7.54. The number of hydrogen-bond acceptors (Lipinski definition) is 3. The molecular formula is C17H24N2O2. The number of anilines is 1. The number of nitrogens with zero attached hydrogens (tertiary/aromatic N) is 1. The minimum Gasteiger partial charge on any atom is -0.373 e. The van der Waals surface area contributed by atoms with Crippen LogP contribution >= 0.6 is 0 Å². The van der Waals surface area contributed by atoms with Gasteiger partial charge in [-0.2, -0.15) is 0 Å². The summed E-state index contributed by atoms with van der Waals surface area (Å²) < 4.78 is 0. The molecule has 1 atom stereocenters. The van der Waals surface area contributed by atoms with Gasteiger partial charge in [0, 0.05) is 12.2 Å². The van der Waals surface area contributed by atoms with Gasteiger partial charge in [-0.05, 0) is 29.5 Å². The lowest BCUT2D eigenvalue weighted by Crippen LogP contribution is -2.35. The number of rotatable bonds is 4. The Labute approximate surface area is 126 Å². The molecule has 1 aliphatic rings. The monoisotopic (exact) mass is 288 g/mol. The molecule has 2 amide bonds. The van der Waals surface area contributed by atoms with E-state index < -0.39 is 6.04 Å². The highest BCUT2D eigenvalue weighted by Gasteiger charge is 2.37. The van der Waals surface area contributed by atoms with Crippen molar-refractivity contribution in [1.82, 2.24) is 4.90 Å². The Morgan fingerprint density at radius 2 is 1.81 bits per heavy atom. The van der Waals surface area contributed by atoms with Gasteiger partial charge in [0.2, 0.25) is 5.91 Å². The number of likely N-dealkylation sites (tertiary alicyclic amines) is 1. The van der Waals surface area contributed by atoms with Gasteiger partial charge in [-0.25, -0.2) is 0 Å². The van der Waals surface area contributed by atoms with Crippen LogP contribution in [0.15, 0.2) is 24.3 Å². The summed E-state index contributed by atoms with van der Waals surface area (Å²) in [5.74, 6) is -0.188. The maximum atomic E-state index is 12.2. The SMILES string of the molecule is CCCN1C(=O)CC(Nc2ccc(C(C)(C)C)cc2)C1=O. The lowest BCUT2D eigenvalue weighted by atomic mass is 9.87. The molecule has 0 saturated carbocycles. The van der Waals surface area contributed by atoms with E-state index >= 15 is 0 Å². The largest absolute Gasteiger partial charge is 0.373 e. The molecule has 2 rings (SSSR count). The van der Waals surface area contributed by atoms with E-state index in [2.05, 4.69) is 38.2 Å². The maximum absolute atomic E-state index is 12.2. The van der Waals surface area contributed by atoms with E-state index in [-0.39, 0.29) is 23.7 Å². The Bertz CT molecular complexity index is 529. The quantitative estimate of drug-likeness (QED) is 0.867. The minimum absolute atomic E-state index is 0.0781. The van der Waals surface area contributed by atoms with Crippen molar-refractivity contribution < 1.29 is 9.59 Å². The molecule has 4 nitrogen and oxygen atoms in total. The molecule has 0 spiro atoms. The molecule has 1 aromatic carbocycles. The van der Waals surface area contributed by atoms with Crippen molar-refractivity contribution in [2.24, 2.45) is 0 Å². The smallest absolute Gasteiger partial charge is 0.252 e. The zero-order valence-electron chi connectivity index (χ0n) is 13.3. The second-order valence-corrected chi connectivity index (χ2v) is 6.61. The van der Waals surface area contributed by atoms with Crippen LogP contribution in [0.1, 0.15) is 46.1 Å². The second-order valence-electron chi connectivity index (χ2n) is 6.61. The molecule has 1 fully saturated rings. The fourth-order valence-electron chi connectivity index (χ4n) is 2.52. The predicted octanol–water partition coefficient (Wildman–Crippen LogP) is 2.93. The topological polar surface area (TPSA) is 49.4 Å². The van der Waals surface area contributed by atoms with Crippen molar-refractivity contribution >= 4 is 17.5 Å². The van der Waals surface area contributed by atoms with Crippen LogP contribution in [0.4, 0.5) is 5.69 Å². The Morgan fingerprint density at radius 3 is 2.33 bits per heavy atom. The first-order chi connectivity index (χ1) is 9.82. The van der Waals surface area contributed by atoms with Crippen molar-refractivity contribution in [3.05, 3.63) is 29.8 Å². The number of carbonyl (C=O) groups is 2. The summed E-state index contributed by atoms with van der Waals surface area (Å²) >= 11 is 0. The van der Waals surface area contributed by atoms with Crippen molar-refractivity contribution in [2.75, 3.05) is 11.9 Å². The molecule has 0 bridgehead atoms. The van der Waals surface area contributed by atoms with Crippen LogP contribution in [-0.2, 0) is 15.0 Å². The molecular weight excluding hydrogens is 264 g/mol. The van der Waals surface area contributed by atoms with Gasteiger partial charge < -0.3 is 5.32 Å². The number of imide groups is 1. The van der Waals surface area contributed by atoms with E-state index in [1.807, 2.05) is 19.1 Å². The lowest BCUT2D eigenvalue weighted by Gasteiger charge is -2.20. The fraction of sp³-hybridized carbons (Fsp3) is 0.529. The Hall–Kier alpha value is -1.84. The van der Waals surface area contributed by atoms with Gasteiger partial charge in [-0.1, -0.05) is 39.8 Å². The van der Waals surface area contributed by atoms with Crippen LogP contribution in [0.3, 0.4) is 0 Å². The van der Waals surface area contributed by atoms with Crippen molar-refractivity contribution in [2.45, 2.75) is 52.0 Å². The predicted molar refractivity (Wildman–Crippen MR) is 84.2 cm³/mol. The van der Waals surface area contributed by atoms with E-state index in [9.17, 15) is 9.59 Å². The molecule has 1 heterocycles. The normalized spacial score (nSPS) is 19.2. The highest BCUT2D eigenvalue weighted by atomic mass is 16.2. The summed E-state index contributed by atoms with van der Waals surface area (Å²) in [6.07, 6.45) is 1.05. The third-order valence-corrected chi connectivity index (χ3v) is 3.78. The van der Waals surface area contributed by atoms with Gasteiger partial charge in [-0.3, -0.25) is 14.5 Å². The van der Waals surface area contributed by atoms with Crippen LogP contribution in [-0.4, -0.2) is 29.3 Å². The molecule has 0 radical (unpaired) electrons. The van der Waals surface area contributed by atoms with E-state index in [1.54, 1.807) is 0 Å². The molecule has 1 aromatic rings. The average Bonchev–Trinajstić information content (AvgIpc) is 2.66. The van der Waals surface area contributed by atoms with Crippen molar-refractivity contribution in [1.29, 1.82) is 0 Å². The van der Waals surface area contributed by atoms with Crippen LogP contribution in [0, 0.1) is 0 Å². The van der Waals surface area contributed by atoms with Crippen LogP contribution < -0.4 is 5.32 Å². The molecule has 0 aliphatic carbocycles. The van der Waals surface area contributed by atoms with Crippen molar-refractivity contribution in [3.8, 4) is 0 Å². The third-order valence-electron chi connectivity index (χ3n) is 3.78. The number of amides is 2. The molecule has 114 valence electrons. The third kappa shape index (κ3) is 3.43. The van der Waals surface area contributed by atoms with Gasteiger partial charge >= 0.3 is 0 Å². The Balaban J connectivity index is 2.06. The highest BCUT2D eigenvalue weighted by molar-refractivity contribution is 6.06. The van der Waals surface area contributed by atoms with Gasteiger partial charge in [-0.15, -0.1) is 0 Å². The fourth-order valence-corrected chi connectivity index (χ4v) is 2.52. The summed E-state index contributed by atoms with van der Waals surface area (Å²) in [7, 11) is 0. The zero-order valence-corrected chi connectivity index (χ0v) is 13.3. The van der Waals surface area contributed by atoms with Gasteiger partial charge in [0.25, 0.3) is 5.91 Å². The standard InChI is InChI=1S/C17H24N2O2/c1-5-10-19-15(20)11-14(16(19)21)18-13-8-6-12(7-9-13)17(2,3)4/h6-9,14,18H,5,10-11H2,1-4H3. The van der Waals surface area contributed by atoms with Gasteiger partial charge in [0.05, 0.1) is 6.42 Å². The maximum Gasteiger partial charge on any atom is 0.252 e. The number of nitrogens with one attached hydrogen (secondary N) is 1. The second kappa shape index (κ2) is 5.88. The van der Waals surface area contributed by atoms with Crippen molar-refractivity contribution in [3.63, 3.8) is 0 Å². The lowest BCUT2D eigenvalue weighted by molar-refractivity contribution is -0.138.